The van der Waals surface area contributed by atoms with Gasteiger partial charge in [-0.15, -0.1) is 0 Å². The number of rotatable bonds is 8. The molecule has 1 aromatic rings. The van der Waals surface area contributed by atoms with Gasteiger partial charge in [0.05, 0.1) is 0 Å². The number of hydrogen-bond donors (Lipinski definition) is 0. The highest BCUT2D eigenvalue weighted by Gasteiger charge is 2.23. The second-order valence-corrected chi connectivity index (χ2v) is 6.06. The highest BCUT2D eigenvalue weighted by Crippen LogP contribution is 2.36. The van der Waals surface area contributed by atoms with E-state index < -0.39 is 0 Å². The van der Waals surface area contributed by atoms with E-state index in [0.29, 0.717) is 5.41 Å². The van der Waals surface area contributed by atoms with Crippen molar-refractivity contribution in [3.8, 4) is 0 Å². The summed E-state index contributed by atoms with van der Waals surface area (Å²) in [4.78, 5) is 0. The molecule has 0 atom stereocenters. The summed E-state index contributed by atoms with van der Waals surface area (Å²) in [5.74, 6) is 1.64. The summed E-state index contributed by atoms with van der Waals surface area (Å²) in [6.07, 6.45) is 7.83. The summed E-state index contributed by atoms with van der Waals surface area (Å²) in [5, 5.41) is 0. The molecule has 0 unspecified atom stereocenters. The van der Waals surface area contributed by atoms with Crippen molar-refractivity contribution in [2.45, 2.75) is 66.2 Å². The van der Waals surface area contributed by atoms with Crippen molar-refractivity contribution in [2.75, 3.05) is 0 Å². The molecule has 0 saturated heterocycles. The Kier molecular flexibility index (Phi) is 6.46. The summed E-state index contributed by atoms with van der Waals surface area (Å²) >= 11 is 0. The van der Waals surface area contributed by atoms with Crippen LogP contribution in [0, 0.1) is 11.3 Å². The molecule has 0 aliphatic heterocycles. The van der Waals surface area contributed by atoms with Crippen LogP contribution >= 0.6 is 0 Å². The molecular formula is C18H29. The normalized spacial score (nSPS) is 12.1. The zero-order valence-electron chi connectivity index (χ0n) is 12.6. The molecular weight excluding hydrogens is 216 g/mol. The van der Waals surface area contributed by atoms with Crippen molar-refractivity contribution >= 4 is 0 Å². The lowest BCUT2D eigenvalue weighted by atomic mass is 9.75. The fourth-order valence-corrected chi connectivity index (χ4v) is 2.41. The molecule has 0 nitrogen and oxygen atoms in total. The smallest absolute Gasteiger partial charge is 0.0218 e. The summed E-state index contributed by atoms with van der Waals surface area (Å²) in [7, 11) is 0. The average Bonchev–Trinajstić information content (AvgIpc) is 2.38. The van der Waals surface area contributed by atoms with Gasteiger partial charge in [0.15, 0.2) is 0 Å². The molecule has 1 aromatic carbocycles. The lowest BCUT2D eigenvalue weighted by Gasteiger charge is -2.30. The first-order valence-corrected chi connectivity index (χ1v) is 7.43. The largest absolute Gasteiger partial charge is 0.0648 e. The van der Waals surface area contributed by atoms with Crippen molar-refractivity contribution in [1.29, 1.82) is 0 Å². The molecule has 0 heterocycles. The van der Waals surface area contributed by atoms with Crippen LogP contribution in [-0.4, -0.2) is 0 Å². The molecule has 1 rings (SSSR count). The molecule has 0 spiro atoms. The highest BCUT2D eigenvalue weighted by molar-refractivity contribution is 5.14. The van der Waals surface area contributed by atoms with Gasteiger partial charge in [-0.2, -0.15) is 0 Å². The van der Waals surface area contributed by atoms with E-state index in [1.54, 1.807) is 5.92 Å². The van der Waals surface area contributed by atoms with Gasteiger partial charge in [-0.3, -0.25) is 0 Å². The Balaban J connectivity index is 2.16. The second-order valence-electron chi connectivity index (χ2n) is 6.06. The predicted molar refractivity (Wildman–Crippen MR) is 81.6 cm³/mol. The van der Waals surface area contributed by atoms with Crippen LogP contribution < -0.4 is 0 Å². The molecule has 0 N–H and O–H groups in total. The van der Waals surface area contributed by atoms with Gasteiger partial charge in [0.1, 0.15) is 0 Å². The van der Waals surface area contributed by atoms with Crippen molar-refractivity contribution in [1.82, 2.24) is 0 Å². The highest BCUT2D eigenvalue weighted by atomic mass is 14.3. The molecule has 0 saturated carbocycles. The van der Waals surface area contributed by atoms with Crippen LogP contribution in [0.1, 0.15) is 65.4 Å². The minimum absolute atomic E-state index is 0.432. The molecule has 0 bridgehead atoms. The zero-order chi connectivity index (χ0) is 13.4. The summed E-state index contributed by atoms with van der Waals surface area (Å²) in [6.45, 7) is 9.36. The van der Waals surface area contributed by atoms with Crippen LogP contribution in [-0.2, 0) is 6.42 Å². The van der Waals surface area contributed by atoms with E-state index in [-0.39, 0.29) is 0 Å². The van der Waals surface area contributed by atoms with E-state index in [1.807, 2.05) is 0 Å². The Morgan fingerprint density at radius 2 is 1.67 bits per heavy atom. The van der Waals surface area contributed by atoms with Crippen LogP contribution in [0.2, 0.25) is 0 Å². The van der Waals surface area contributed by atoms with E-state index in [4.69, 9.17) is 0 Å². The average molecular weight is 245 g/mol. The van der Waals surface area contributed by atoms with Crippen molar-refractivity contribution in [3.63, 3.8) is 0 Å². The van der Waals surface area contributed by atoms with Crippen LogP contribution in [0.4, 0.5) is 0 Å². The maximum absolute atomic E-state index is 2.39. The van der Waals surface area contributed by atoms with Gasteiger partial charge < -0.3 is 0 Å². The number of aryl methyl sites for hydroxylation is 1. The lowest BCUT2D eigenvalue weighted by molar-refractivity contribution is 0.327. The first-order valence-electron chi connectivity index (χ1n) is 7.43. The third-order valence-corrected chi connectivity index (χ3v) is 4.30. The third-order valence-electron chi connectivity index (χ3n) is 4.30. The monoisotopic (exact) mass is 245 g/mol. The Bertz CT molecular complexity index is 310. The summed E-state index contributed by atoms with van der Waals surface area (Å²) in [6, 6.07) is 10.8. The maximum atomic E-state index is 2.39. The Hall–Kier alpha value is -0.780. The molecule has 0 amide bonds. The topological polar surface area (TPSA) is 0 Å². The van der Waals surface area contributed by atoms with Crippen LogP contribution in [0.15, 0.2) is 30.3 Å². The maximum Gasteiger partial charge on any atom is -0.0218 e. The van der Waals surface area contributed by atoms with Crippen LogP contribution in [0.3, 0.4) is 0 Å². The fraction of sp³-hybridized carbons (Fsp3) is 0.611. The van der Waals surface area contributed by atoms with Crippen molar-refractivity contribution in [3.05, 3.63) is 41.8 Å². The van der Waals surface area contributed by atoms with Gasteiger partial charge in [-0.05, 0) is 42.6 Å². The molecule has 0 aliphatic rings. The number of unbranched alkanes of at least 4 members (excludes halogenated alkanes) is 2. The molecule has 0 aliphatic carbocycles. The standard InChI is InChI=1S/C18H29/c1-5-16(2)18(3,4)15-11-7-10-14-17-12-8-6-9-13-17/h6,8-9,12-13H,5,7,10-11,14-15H2,1-4H3. The Morgan fingerprint density at radius 3 is 2.28 bits per heavy atom. The van der Waals surface area contributed by atoms with E-state index >= 15 is 0 Å². The molecule has 0 aromatic heterocycles. The van der Waals surface area contributed by atoms with Gasteiger partial charge in [0.2, 0.25) is 0 Å². The first kappa shape index (κ1) is 15.3. The quantitative estimate of drug-likeness (QED) is 0.506. The molecule has 0 fully saturated rings. The minimum atomic E-state index is 0.432. The van der Waals surface area contributed by atoms with E-state index in [9.17, 15) is 0 Å². The zero-order valence-corrected chi connectivity index (χ0v) is 12.6. The van der Waals surface area contributed by atoms with Crippen LogP contribution in [0.25, 0.3) is 0 Å². The van der Waals surface area contributed by atoms with Crippen molar-refractivity contribution < 1.29 is 0 Å². The molecule has 0 heteroatoms. The SMILES string of the molecule is CC[C](C)C(C)(C)CCCCCc1ccccc1. The minimum Gasteiger partial charge on any atom is -0.0648 e. The second kappa shape index (κ2) is 7.61. The Morgan fingerprint density at radius 1 is 1.00 bits per heavy atom. The van der Waals surface area contributed by atoms with Gasteiger partial charge in [-0.25, -0.2) is 0 Å². The van der Waals surface area contributed by atoms with E-state index in [1.165, 1.54) is 44.1 Å². The van der Waals surface area contributed by atoms with Gasteiger partial charge in [-0.1, -0.05) is 70.9 Å². The van der Waals surface area contributed by atoms with Gasteiger partial charge in [0, 0.05) is 0 Å². The summed E-state index contributed by atoms with van der Waals surface area (Å²) in [5.41, 5.74) is 1.91. The molecule has 101 valence electrons. The summed E-state index contributed by atoms with van der Waals surface area (Å²) < 4.78 is 0. The third kappa shape index (κ3) is 5.25. The molecule has 18 heavy (non-hydrogen) atoms. The van der Waals surface area contributed by atoms with E-state index in [0.717, 1.165) is 0 Å². The fourth-order valence-electron chi connectivity index (χ4n) is 2.41. The lowest BCUT2D eigenvalue weighted by Crippen LogP contribution is -2.19. The van der Waals surface area contributed by atoms with E-state index in [2.05, 4.69) is 58.0 Å². The van der Waals surface area contributed by atoms with Gasteiger partial charge >= 0.3 is 0 Å². The Labute approximate surface area is 114 Å². The number of hydrogen-bond acceptors (Lipinski definition) is 0. The predicted octanol–water partition coefficient (Wildman–Crippen LogP) is 5.82. The molecule has 1 radical (unpaired) electrons. The van der Waals surface area contributed by atoms with Crippen LogP contribution in [0.5, 0.6) is 0 Å². The first-order chi connectivity index (χ1) is 8.56. The van der Waals surface area contributed by atoms with Gasteiger partial charge in [0.25, 0.3) is 0 Å². The van der Waals surface area contributed by atoms with Crippen molar-refractivity contribution in [2.24, 2.45) is 5.41 Å². The number of benzene rings is 1.